The second-order valence-corrected chi connectivity index (χ2v) is 5.05. The van der Waals surface area contributed by atoms with E-state index in [1.54, 1.807) is 19.2 Å². The van der Waals surface area contributed by atoms with Gasteiger partial charge in [-0.2, -0.15) is 4.99 Å². The standard InChI is InChI=1S/C12H9ClN2OS2/c1-7-11(14-6-17)18-12(15-7)9-4-3-8(13)5-10(9)16-2/h3-5H,1-2H3. The van der Waals surface area contributed by atoms with Gasteiger partial charge in [0.2, 0.25) is 0 Å². The molecule has 1 aromatic carbocycles. The first-order valence-corrected chi connectivity index (χ1v) is 6.65. The van der Waals surface area contributed by atoms with Gasteiger partial charge in [0, 0.05) is 5.02 Å². The first kappa shape index (κ1) is 13.2. The number of rotatable bonds is 3. The molecule has 0 aliphatic rings. The number of aromatic nitrogens is 1. The molecule has 2 rings (SSSR count). The van der Waals surface area contributed by atoms with Crippen molar-refractivity contribution in [2.45, 2.75) is 6.92 Å². The van der Waals surface area contributed by atoms with E-state index in [0.29, 0.717) is 10.8 Å². The molecular formula is C12H9ClN2OS2. The molecule has 0 aliphatic carbocycles. The average Bonchev–Trinajstić information content (AvgIpc) is 2.71. The van der Waals surface area contributed by atoms with Crippen molar-refractivity contribution < 1.29 is 4.74 Å². The minimum atomic E-state index is 0.626. The van der Waals surface area contributed by atoms with Crippen LogP contribution in [0.25, 0.3) is 10.6 Å². The number of thiocarbonyl (C=S) groups is 1. The summed E-state index contributed by atoms with van der Waals surface area (Å²) in [7, 11) is 1.60. The highest BCUT2D eigenvalue weighted by atomic mass is 35.5. The van der Waals surface area contributed by atoms with Crippen LogP contribution < -0.4 is 4.74 Å². The van der Waals surface area contributed by atoms with Crippen molar-refractivity contribution >= 4 is 45.3 Å². The van der Waals surface area contributed by atoms with Gasteiger partial charge in [-0.05, 0) is 37.3 Å². The Labute approximate surface area is 119 Å². The van der Waals surface area contributed by atoms with E-state index in [9.17, 15) is 0 Å². The van der Waals surface area contributed by atoms with Gasteiger partial charge < -0.3 is 4.74 Å². The maximum Gasteiger partial charge on any atom is 0.150 e. The lowest BCUT2D eigenvalue weighted by molar-refractivity contribution is 0.416. The topological polar surface area (TPSA) is 34.5 Å². The van der Waals surface area contributed by atoms with Gasteiger partial charge in [0.15, 0.2) is 0 Å². The van der Waals surface area contributed by atoms with E-state index < -0.39 is 0 Å². The largest absolute Gasteiger partial charge is 0.496 e. The SMILES string of the molecule is COc1cc(Cl)ccc1-c1nc(C)c(N=C=S)s1. The third-order valence-corrected chi connectivity index (χ3v) is 3.72. The molecule has 3 nitrogen and oxygen atoms in total. The third-order valence-electron chi connectivity index (χ3n) is 2.31. The first-order valence-electron chi connectivity index (χ1n) is 5.05. The summed E-state index contributed by atoms with van der Waals surface area (Å²) < 4.78 is 5.31. The molecule has 0 saturated heterocycles. The van der Waals surface area contributed by atoms with Crippen LogP contribution >= 0.6 is 35.2 Å². The maximum absolute atomic E-state index is 5.93. The van der Waals surface area contributed by atoms with Gasteiger partial charge in [-0.3, -0.25) is 0 Å². The molecule has 0 spiro atoms. The van der Waals surface area contributed by atoms with E-state index in [-0.39, 0.29) is 0 Å². The average molecular weight is 297 g/mol. The molecule has 18 heavy (non-hydrogen) atoms. The fraction of sp³-hybridized carbons (Fsp3) is 0.167. The molecule has 0 amide bonds. The number of aliphatic imine (C=N–C) groups is 1. The highest BCUT2D eigenvalue weighted by Gasteiger charge is 2.13. The van der Waals surface area contributed by atoms with E-state index in [1.807, 2.05) is 13.0 Å². The summed E-state index contributed by atoms with van der Waals surface area (Å²) in [6.45, 7) is 1.88. The van der Waals surface area contributed by atoms with Crippen molar-refractivity contribution in [1.82, 2.24) is 4.98 Å². The van der Waals surface area contributed by atoms with Crippen LogP contribution in [0, 0.1) is 6.92 Å². The quantitative estimate of drug-likeness (QED) is 0.617. The number of halogens is 1. The van der Waals surface area contributed by atoms with Crippen LogP contribution in [0.5, 0.6) is 5.75 Å². The van der Waals surface area contributed by atoms with Gasteiger partial charge in [0.25, 0.3) is 0 Å². The van der Waals surface area contributed by atoms with Crippen LogP contribution in [0.3, 0.4) is 0 Å². The summed E-state index contributed by atoms with van der Waals surface area (Å²) in [6.07, 6.45) is 0. The summed E-state index contributed by atoms with van der Waals surface area (Å²) in [5, 5.41) is 4.56. The van der Waals surface area contributed by atoms with E-state index in [2.05, 4.69) is 27.4 Å². The molecule has 2 aromatic rings. The molecule has 0 radical (unpaired) electrons. The van der Waals surface area contributed by atoms with Crippen molar-refractivity contribution in [3.05, 3.63) is 28.9 Å². The Morgan fingerprint density at radius 1 is 1.50 bits per heavy atom. The Balaban J connectivity index is 2.55. The van der Waals surface area contributed by atoms with E-state index in [4.69, 9.17) is 16.3 Å². The van der Waals surface area contributed by atoms with Gasteiger partial charge in [0.05, 0.1) is 23.5 Å². The molecule has 0 unspecified atom stereocenters. The molecule has 1 heterocycles. The number of hydrogen-bond donors (Lipinski definition) is 0. The number of aryl methyl sites for hydroxylation is 1. The highest BCUT2D eigenvalue weighted by Crippen LogP contribution is 2.38. The predicted molar refractivity (Wildman–Crippen MR) is 78.5 cm³/mol. The van der Waals surface area contributed by atoms with Gasteiger partial charge >= 0.3 is 0 Å². The van der Waals surface area contributed by atoms with Crippen molar-refractivity contribution in [2.24, 2.45) is 4.99 Å². The zero-order chi connectivity index (χ0) is 13.1. The predicted octanol–water partition coefficient (Wildman–Crippen LogP) is 4.51. The number of thiazole rings is 1. The van der Waals surface area contributed by atoms with E-state index >= 15 is 0 Å². The Morgan fingerprint density at radius 3 is 2.94 bits per heavy atom. The molecule has 0 bridgehead atoms. The van der Waals surface area contributed by atoms with Crippen molar-refractivity contribution in [2.75, 3.05) is 7.11 Å². The van der Waals surface area contributed by atoms with Crippen LogP contribution in [-0.4, -0.2) is 17.3 Å². The number of methoxy groups -OCH3 is 1. The summed E-state index contributed by atoms with van der Waals surface area (Å²) in [5.41, 5.74) is 1.71. The minimum absolute atomic E-state index is 0.626. The number of ether oxygens (including phenoxy) is 1. The highest BCUT2D eigenvalue weighted by molar-refractivity contribution is 7.78. The normalized spacial score (nSPS) is 9.94. The van der Waals surface area contributed by atoms with Crippen molar-refractivity contribution in [1.29, 1.82) is 0 Å². The molecule has 6 heteroatoms. The lowest BCUT2D eigenvalue weighted by atomic mass is 10.2. The minimum Gasteiger partial charge on any atom is -0.496 e. The van der Waals surface area contributed by atoms with Gasteiger partial charge in [-0.25, -0.2) is 4.98 Å². The fourth-order valence-corrected chi connectivity index (χ4v) is 2.73. The molecule has 0 fully saturated rings. The van der Waals surface area contributed by atoms with Crippen molar-refractivity contribution in [3.63, 3.8) is 0 Å². The van der Waals surface area contributed by atoms with Crippen LogP contribution in [-0.2, 0) is 0 Å². The molecule has 0 N–H and O–H groups in total. The second kappa shape index (κ2) is 5.59. The second-order valence-electron chi connectivity index (χ2n) is 3.46. The first-order chi connectivity index (χ1) is 8.65. The van der Waals surface area contributed by atoms with E-state index in [1.165, 1.54) is 11.3 Å². The summed E-state index contributed by atoms with van der Waals surface area (Å²) in [5.74, 6) is 0.689. The zero-order valence-electron chi connectivity index (χ0n) is 9.73. The molecule has 0 aliphatic heterocycles. The summed E-state index contributed by atoms with van der Waals surface area (Å²) in [6, 6.07) is 5.44. The Bertz CT molecular complexity index is 633. The molecule has 0 saturated carbocycles. The molecule has 1 aromatic heterocycles. The maximum atomic E-state index is 5.93. The molecule has 0 atom stereocenters. The molecule has 92 valence electrons. The smallest absolute Gasteiger partial charge is 0.150 e. The number of hydrogen-bond acceptors (Lipinski definition) is 5. The van der Waals surface area contributed by atoms with Crippen molar-refractivity contribution in [3.8, 4) is 16.3 Å². The fourth-order valence-electron chi connectivity index (χ4n) is 1.49. The summed E-state index contributed by atoms with van der Waals surface area (Å²) >= 11 is 12.0. The lowest BCUT2D eigenvalue weighted by Gasteiger charge is -2.05. The Hall–Kier alpha value is -1.26. The van der Waals surface area contributed by atoms with Gasteiger partial charge in [0.1, 0.15) is 15.8 Å². The van der Waals surface area contributed by atoms with Crippen LogP contribution in [0.15, 0.2) is 23.2 Å². The number of benzene rings is 1. The third kappa shape index (κ3) is 2.60. The van der Waals surface area contributed by atoms with Gasteiger partial charge in [-0.15, -0.1) is 0 Å². The molecular weight excluding hydrogens is 288 g/mol. The number of isothiocyanates is 1. The monoisotopic (exact) mass is 296 g/mol. The Morgan fingerprint density at radius 2 is 2.28 bits per heavy atom. The summed E-state index contributed by atoms with van der Waals surface area (Å²) in [4.78, 5) is 8.43. The zero-order valence-corrected chi connectivity index (χ0v) is 12.1. The number of nitrogens with zero attached hydrogens (tertiary/aromatic N) is 2. The van der Waals surface area contributed by atoms with E-state index in [0.717, 1.165) is 21.3 Å². The Kier molecular flexibility index (Phi) is 4.09. The lowest BCUT2D eigenvalue weighted by Crippen LogP contribution is -1.87. The van der Waals surface area contributed by atoms with Crippen LogP contribution in [0.2, 0.25) is 5.02 Å². The van der Waals surface area contributed by atoms with Crippen LogP contribution in [0.4, 0.5) is 5.00 Å². The van der Waals surface area contributed by atoms with Crippen LogP contribution in [0.1, 0.15) is 5.69 Å². The van der Waals surface area contributed by atoms with Gasteiger partial charge in [-0.1, -0.05) is 22.9 Å².